The van der Waals surface area contributed by atoms with Crippen LogP contribution in [0.2, 0.25) is 5.02 Å². The van der Waals surface area contributed by atoms with Crippen molar-refractivity contribution in [3.8, 4) is 5.75 Å². The molecule has 1 atom stereocenters. The summed E-state index contributed by atoms with van der Waals surface area (Å²) in [7, 11) is 1.56. The quantitative estimate of drug-likeness (QED) is 0.590. The third-order valence-electron chi connectivity index (χ3n) is 2.51. The van der Waals surface area contributed by atoms with Crippen molar-refractivity contribution in [2.24, 2.45) is 0 Å². The first kappa shape index (κ1) is 15.8. The van der Waals surface area contributed by atoms with E-state index in [0.717, 1.165) is 13.1 Å². The first-order valence-corrected chi connectivity index (χ1v) is 8.67. The first-order valence-electron chi connectivity index (χ1n) is 5.09. The Morgan fingerprint density at radius 1 is 1.21 bits per heavy atom. The maximum absolute atomic E-state index is 10.5. The number of hydrogen-bond donors (Lipinski definition) is 1. The van der Waals surface area contributed by atoms with Crippen molar-refractivity contribution in [2.75, 3.05) is 7.11 Å². The van der Waals surface area contributed by atoms with Crippen LogP contribution < -0.4 is 4.74 Å². The van der Waals surface area contributed by atoms with E-state index in [1.165, 1.54) is 11.3 Å². The molecule has 0 fully saturated rings. The molecule has 0 spiro atoms. The van der Waals surface area contributed by atoms with E-state index in [1.807, 2.05) is 6.07 Å². The zero-order chi connectivity index (χ0) is 14.2. The fraction of sp³-hybridized carbons (Fsp3) is 0.167. The molecular weight excluding hydrogens is 483 g/mol. The van der Waals surface area contributed by atoms with Gasteiger partial charge < -0.3 is 9.84 Å². The van der Waals surface area contributed by atoms with Crippen LogP contribution in [0.3, 0.4) is 0 Å². The molecule has 1 unspecified atom stereocenters. The Kier molecular flexibility index (Phi) is 5.36. The molecule has 1 N–H and O–H groups in total. The monoisotopic (exact) mass is 488 g/mol. The van der Waals surface area contributed by atoms with Crippen LogP contribution in [0.25, 0.3) is 0 Å². The third-order valence-corrected chi connectivity index (χ3v) is 5.71. The van der Waals surface area contributed by atoms with Gasteiger partial charge in [0, 0.05) is 16.1 Å². The summed E-state index contributed by atoms with van der Waals surface area (Å²) in [6.07, 6.45) is -0.818. The van der Waals surface area contributed by atoms with Gasteiger partial charge in [-0.1, -0.05) is 11.6 Å². The van der Waals surface area contributed by atoms with Crippen molar-refractivity contribution in [3.05, 3.63) is 46.4 Å². The highest BCUT2D eigenvalue weighted by atomic mass is 79.9. The fourth-order valence-corrected chi connectivity index (χ4v) is 5.59. The SMILES string of the molecule is COc1c(Br)cc(Cl)cc1C(O)c1cc(Br)sc1Br. The van der Waals surface area contributed by atoms with Crippen LogP contribution in [-0.4, -0.2) is 12.2 Å². The number of hydrogen-bond acceptors (Lipinski definition) is 3. The van der Waals surface area contributed by atoms with Crippen LogP contribution >= 0.6 is 70.7 Å². The van der Waals surface area contributed by atoms with Gasteiger partial charge in [0.2, 0.25) is 0 Å². The lowest BCUT2D eigenvalue weighted by Gasteiger charge is -2.16. The number of halogens is 4. The van der Waals surface area contributed by atoms with Gasteiger partial charge in [-0.2, -0.15) is 0 Å². The highest BCUT2D eigenvalue weighted by molar-refractivity contribution is 9.12. The molecule has 19 heavy (non-hydrogen) atoms. The van der Waals surface area contributed by atoms with E-state index in [4.69, 9.17) is 16.3 Å². The highest BCUT2D eigenvalue weighted by Crippen LogP contribution is 2.43. The summed E-state index contributed by atoms with van der Waals surface area (Å²) in [5, 5.41) is 11.1. The molecule has 102 valence electrons. The zero-order valence-corrected chi connectivity index (χ0v) is 15.9. The van der Waals surface area contributed by atoms with Gasteiger partial charge in [-0.25, -0.2) is 0 Å². The lowest BCUT2D eigenvalue weighted by molar-refractivity contribution is 0.214. The topological polar surface area (TPSA) is 29.5 Å². The van der Waals surface area contributed by atoms with Gasteiger partial charge in [-0.15, -0.1) is 11.3 Å². The van der Waals surface area contributed by atoms with Crippen molar-refractivity contribution < 1.29 is 9.84 Å². The number of benzene rings is 1. The molecule has 0 saturated carbocycles. The molecule has 0 saturated heterocycles. The van der Waals surface area contributed by atoms with Crippen molar-refractivity contribution in [2.45, 2.75) is 6.10 Å². The van der Waals surface area contributed by atoms with Gasteiger partial charge in [0.25, 0.3) is 0 Å². The van der Waals surface area contributed by atoms with E-state index in [0.29, 0.717) is 20.8 Å². The largest absolute Gasteiger partial charge is 0.495 e. The van der Waals surface area contributed by atoms with Gasteiger partial charge in [0.15, 0.2) is 0 Å². The molecule has 1 aromatic carbocycles. The first-order chi connectivity index (χ1) is 8.93. The van der Waals surface area contributed by atoms with Crippen LogP contribution in [0.4, 0.5) is 0 Å². The Bertz CT molecular complexity index is 615. The number of aliphatic hydroxyl groups excluding tert-OH is 1. The summed E-state index contributed by atoms with van der Waals surface area (Å²) in [6.45, 7) is 0. The molecule has 0 bridgehead atoms. The van der Waals surface area contributed by atoms with Gasteiger partial charge in [0.1, 0.15) is 11.9 Å². The van der Waals surface area contributed by atoms with Crippen LogP contribution in [-0.2, 0) is 0 Å². The second-order valence-electron chi connectivity index (χ2n) is 3.69. The van der Waals surface area contributed by atoms with Crippen LogP contribution in [0.5, 0.6) is 5.75 Å². The van der Waals surface area contributed by atoms with E-state index in [2.05, 4.69) is 47.8 Å². The fourth-order valence-electron chi connectivity index (χ4n) is 1.71. The van der Waals surface area contributed by atoms with Gasteiger partial charge in [-0.3, -0.25) is 0 Å². The minimum absolute atomic E-state index is 0.534. The summed E-state index contributed by atoms with van der Waals surface area (Å²) < 4.78 is 7.85. The van der Waals surface area contributed by atoms with Crippen molar-refractivity contribution >= 4 is 70.7 Å². The molecular formula is C12H8Br3ClO2S. The predicted molar refractivity (Wildman–Crippen MR) is 89.5 cm³/mol. The summed E-state index contributed by atoms with van der Waals surface area (Å²) >= 11 is 17.8. The smallest absolute Gasteiger partial charge is 0.139 e. The predicted octanol–water partition coefficient (Wildman–Crippen LogP) is 5.78. The second-order valence-corrected chi connectivity index (χ2v) is 8.73. The summed E-state index contributed by atoms with van der Waals surface area (Å²) in [5.74, 6) is 0.575. The number of aliphatic hydroxyl groups is 1. The summed E-state index contributed by atoms with van der Waals surface area (Å²) in [4.78, 5) is 0. The standard InChI is InChI=1S/C12H8Br3ClO2S/c1-18-11-6(2-5(16)3-8(11)13)10(17)7-4-9(14)19-12(7)15/h2-4,10,17H,1H3. The Balaban J connectivity index is 2.55. The van der Waals surface area contributed by atoms with Crippen LogP contribution in [0.1, 0.15) is 17.2 Å². The molecule has 0 aliphatic rings. The van der Waals surface area contributed by atoms with Gasteiger partial charge in [0.05, 0.1) is 19.2 Å². The summed E-state index contributed by atoms with van der Waals surface area (Å²) in [6, 6.07) is 5.30. The van der Waals surface area contributed by atoms with Crippen molar-refractivity contribution in [1.29, 1.82) is 0 Å². The second kappa shape index (κ2) is 6.45. The molecule has 0 amide bonds. The van der Waals surface area contributed by atoms with Crippen molar-refractivity contribution in [1.82, 2.24) is 0 Å². The Morgan fingerprint density at radius 3 is 2.42 bits per heavy atom. The number of methoxy groups -OCH3 is 1. The van der Waals surface area contributed by atoms with Gasteiger partial charge in [-0.05, 0) is 66.0 Å². The number of rotatable bonds is 3. The van der Waals surface area contributed by atoms with Gasteiger partial charge >= 0.3 is 0 Å². The van der Waals surface area contributed by atoms with E-state index in [-0.39, 0.29) is 0 Å². The Morgan fingerprint density at radius 2 is 1.89 bits per heavy atom. The number of thiophene rings is 1. The molecule has 1 heterocycles. The normalized spacial score (nSPS) is 12.5. The molecule has 7 heteroatoms. The van der Waals surface area contributed by atoms with E-state index < -0.39 is 6.10 Å². The van der Waals surface area contributed by atoms with Crippen LogP contribution in [0.15, 0.2) is 30.2 Å². The zero-order valence-electron chi connectivity index (χ0n) is 9.58. The molecule has 0 aliphatic heterocycles. The minimum atomic E-state index is -0.818. The molecule has 2 nitrogen and oxygen atoms in total. The van der Waals surface area contributed by atoms with E-state index in [1.54, 1.807) is 19.2 Å². The lowest BCUT2D eigenvalue weighted by Crippen LogP contribution is -2.02. The average Bonchev–Trinajstić information content (AvgIpc) is 2.66. The van der Waals surface area contributed by atoms with Crippen LogP contribution in [0, 0.1) is 0 Å². The summed E-state index contributed by atoms with van der Waals surface area (Å²) in [5.41, 5.74) is 1.39. The Labute approximate surface area is 145 Å². The molecule has 0 radical (unpaired) electrons. The third kappa shape index (κ3) is 3.36. The Hall–Kier alpha value is 0.410. The molecule has 1 aromatic heterocycles. The maximum Gasteiger partial charge on any atom is 0.139 e. The number of ether oxygens (including phenoxy) is 1. The van der Waals surface area contributed by atoms with E-state index >= 15 is 0 Å². The maximum atomic E-state index is 10.5. The van der Waals surface area contributed by atoms with E-state index in [9.17, 15) is 5.11 Å². The average molecular weight is 491 g/mol. The van der Waals surface area contributed by atoms with Crippen molar-refractivity contribution in [3.63, 3.8) is 0 Å². The lowest BCUT2D eigenvalue weighted by atomic mass is 10.0. The minimum Gasteiger partial charge on any atom is -0.495 e. The highest BCUT2D eigenvalue weighted by Gasteiger charge is 2.22. The molecule has 0 aliphatic carbocycles. The molecule has 2 rings (SSSR count). The molecule has 2 aromatic rings.